The number of rotatable bonds is 5. The second-order valence-corrected chi connectivity index (χ2v) is 6.87. The van der Waals surface area contributed by atoms with Gasteiger partial charge < -0.3 is 11.5 Å². The van der Waals surface area contributed by atoms with E-state index in [1.54, 1.807) is 0 Å². The van der Waals surface area contributed by atoms with E-state index in [0.717, 1.165) is 19.3 Å². The molecule has 1 unspecified atom stereocenters. The lowest BCUT2D eigenvalue weighted by Gasteiger charge is -2.38. The van der Waals surface area contributed by atoms with Crippen molar-refractivity contribution < 1.29 is 4.79 Å². The molecule has 3 nitrogen and oxygen atoms in total. The van der Waals surface area contributed by atoms with Crippen LogP contribution in [0.4, 0.5) is 0 Å². The minimum Gasteiger partial charge on any atom is -0.370 e. The first kappa shape index (κ1) is 16.0. The Bertz CT molecular complexity index is 504. The van der Waals surface area contributed by atoms with Crippen molar-refractivity contribution in [1.29, 1.82) is 0 Å². The number of aryl methyl sites for hydroxylation is 2. The van der Waals surface area contributed by atoms with E-state index in [1.165, 1.54) is 36.0 Å². The van der Waals surface area contributed by atoms with Crippen LogP contribution in [0.2, 0.25) is 0 Å². The predicted octanol–water partition coefficient (Wildman–Crippen LogP) is 3.52. The summed E-state index contributed by atoms with van der Waals surface area (Å²) in [6.07, 6.45) is 7.13. The first-order valence-corrected chi connectivity index (χ1v) is 8.03. The number of benzene rings is 1. The molecular formula is C18H28N2O. The topological polar surface area (TPSA) is 69.1 Å². The van der Waals surface area contributed by atoms with E-state index in [2.05, 4.69) is 32.0 Å². The van der Waals surface area contributed by atoms with Gasteiger partial charge in [-0.05, 0) is 49.7 Å². The number of primary amides is 1. The Balaban J connectivity index is 2.19. The van der Waals surface area contributed by atoms with Crippen molar-refractivity contribution in [2.45, 2.75) is 64.8 Å². The molecule has 116 valence electrons. The summed E-state index contributed by atoms with van der Waals surface area (Å²) in [6.45, 7) is 4.20. The van der Waals surface area contributed by atoms with Gasteiger partial charge in [-0.2, -0.15) is 0 Å². The van der Waals surface area contributed by atoms with E-state index < -0.39 is 0 Å². The molecule has 1 atom stereocenters. The van der Waals surface area contributed by atoms with Gasteiger partial charge in [-0.1, -0.05) is 43.0 Å². The van der Waals surface area contributed by atoms with Crippen molar-refractivity contribution in [3.05, 3.63) is 34.9 Å². The molecular weight excluding hydrogens is 260 g/mol. The van der Waals surface area contributed by atoms with Crippen LogP contribution < -0.4 is 11.5 Å². The van der Waals surface area contributed by atoms with E-state index in [-0.39, 0.29) is 17.4 Å². The van der Waals surface area contributed by atoms with Crippen LogP contribution in [0.1, 0.15) is 67.7 Å². The fourth-order valence-electron chi connectivity index (χ4n) is 3.86. The summed E-state index contributed by atoms with van der Waals surface area (Å²) in [7, 11) is 0. The van der Waals surface area contributed by atoms with Crippen LogP contribution in [0.5, 0.6) is 0 Å². The average Bonchev–Trinajstić information content (AvgIpc) is 2.41. The molecule has 0 saturated heterocycles. The van der Waals surface area contributed by atoms with E-state index in [9.17, 15) is 4.79 Å². The lowest BCUT2D eigenvalue weighted by atomic mass is 9.67. The Hall–Kier alpha value is -1.35. The van der Waals surface area contributed by atoms with Gasteiger partial charge in [-0.15, -0.1) is 0 Å². The molecule has 21 heavy (non-hydrogen) atoms. The molecule has 0 bridgehead atoms. The number of carbonyl (C=O) groups is 1. The highest BCUT2D eigenvalue weighted by Crippen LogP contribution is 2.45. The number of amides is 1. The van der Waals surface area contributed by atoms with Crippen LogP contribution in [0.15, 0.2) is 18.2 Å². The van der Waals surface area contributed by atoms with Crippen LogP contribution >= 0.6 is 0 Å². The smallest absolute Gasteiger partial charge is 0.217 e. The lowest BCUT2D eigenvalue weighted by Crippen LogP contribution is -2.33. The molecule has 1 aliphatic rings. The van der Waals surface area contributed by atoms with Crippen LogP contribution in [0.3, 0.4) is 0 Å². The Morgan fingerprint density at radius 3 is 2.52 bits per heavy atom. The first-order chi connectivity index (χ1) is 9.92. The zero-order valence-electron chi connectivity index (χ0n) is 13.3. The Morgan fingerprint density at radius 2 is 1.90 bits per heavy atom. The van der Waals surface area contributed by atoms with E-state index in [4.69, 9.17) is 11.5 Å². The fourth-order valence-corrected chi connectivity index (χ4v) is 3.86. The van der Waals surface area contributed by atoms with Crippen molar-refractivity contribution in [2.24, 2.45) is 16.9 Å². The monoisotopic (exact) mass is 288 g/mol. The van der Waals surface area contributed by atoms with Crippen molar-refractivity contribution in [3.63, 3.8) is 0 Å². The van der Waals surface area contributed by atoms with Gasteiger partial charge in [-0.3, -0.25) is 4.79 Å². The highest BCUT2D eigenvalue weighted by Gasteiger charge is 2.35. The summed E-state index contributed by atoms with van der Waals surface area (Å²) < 4.78 is 0. The normalized spacial score (nSPS) is 19.2. The van der Waals surface area contributed by atoms with Gasteiger partial charge in [-0.25, -0.2) is 0 Å². The molecule has 0 spiro atoms. The maximum absolute atomic E-state index is 11.5. The third kappa shape index (κ3) is 4.07. The average molecular weight is 288 g/mol. The molecule has 0 aliphatic heterocycles. The van der Waals surface area contributed by atoms with Gasteiger partial charge in [0.25, 0.3) is 0 Å². The van der Waals surface area contributed by atoms with Gasteiger partial charge in [0.1, 0.15) is 0 Å². The molecule has 4 N–H and O–H groups in total. The van der Waals surface area contributed by atoms with Gasteiger partial charge in [0.05, 0.1) is 0 Å². The van der Waals surface area contributed by atoms with Crippen LogP contribution in [-0.2, 0) is 4.79 Å². The van der Waals surface area contributed by atoms with Crippen molar-refractivity contribution in [1.82, 2.24) is 0 Å². The zero-order valence-corrected chi connectivity index (χ0v) is 13.3. The largest absolute Gasteiger partial charge is 0.370 e. The van der Waals surface area contributed by atoms with E-state index in [1.807, 2.05) is 0 Å². The third-order valence-corrected chi connectivity index (χ3v) is 4.95. The maximum Gasteiger partial charge on any atom is 0.217 e. The SMILES string of the molecule is Cc1ccc(C)c(C(N)CC2(CC(N)=O)CCCCC2)c1. The number of carbonyl (C=O) groups excluding carboxylic acids is 1. The van der Waals surface area contributed by atoms with E-state index >= 15 is 0 Å². The van der Waals surface area contributed by atoms with Crippen LogP contribution in [0.25, 0.3) is 0 Å². The molecule has 1 amide bonds. The van der Waals surface area contributed by atoms with Crippen molar-refractivity contribution >= 4 is 5.91 Å². The highest BCUT2D eigenvalue weighted by molar-refractivity contribution is 5.74. The van der Waals surface area contributed by atoms with Gasteiger partial charge in [0, 0.05) is 12.5 Å². The van der Waals surface area contributed by atoms with E-state index in [0.29, 0.717) is 6.42 Å². The second kappa shape index (κ2) is 6.61. The lowest BCUT2D eigenvalue weighted by molar-refractivity contribution is -0.121. The molecule has 1 saturated carbocycles. The summed E-state index contributed by atoms with van der Waals surface area (Å²) in [4.78, 5) is 11.5. The maximum atomic E-state index is 11.5. The summed E-state index contributed by atoms with van der Waals surface area (Å²) >= 11 is 0. The summed E-state index contributed by atoms with van der Waals surface area (Å²) in [5.41, 5.74) is 15.7. The number of hydrogen-bond donors (Lipinski definition) is 2. The summed E-state index contributed by atoms with van der Waals surface area (Å²) in [5, 5.41) is 0. The molecule has 0 aromatic heterocycles. The molecule has 1 aliphatic carbocycles. The Kier molecular flexibility index (Phi) is 5.04. The standard InChI is InChI=1S/C18H28N2O/c1-13-6-7-14(2)15(10-13)16(19)11-18(12-17(20)21)8-4-3-5-9-18/h6-7,10,16H,3-5,8-9,11-12,19H2,1-2H3,(H2,20,21). The number of hydrogen-bond acceptors (Lipinski definition) is 2. The summed E-state index contributed by atoms with van der Waals surface area (Å²) in [6, 6.07) is 6.42. The zero-order chi connectivity index (χ0) is 15.5. The Labute approximate surface area is 128 Å². The second-order valence-electron chi connectivity index (χ2n) is 6.87. The molecule has 1 aromatic rings. The molecule has 1 fully saturated rings. The molecule has 1 aromatic carbocycles. The van der Waals surface area contributed by atoms with Gasteiger partial charge >= 0.3 is 0 Å². The minimum absolute atomic E-state index is 0.0117. The molecule has 0 heterocycles. The van der Waals surface area contributed by atoms with Gasteiger partial charge in [0.15, 0.2) is 0 Å². The van der Waals surface area contributed by atoms with Crippen molar-refractivity contribution in [3.8, 4) is 0 Å². The van der Waals surface area contributed by atoms with Gasteiger partial charge in [0.2, 0.25) is 5.91 Å². The molecule has 3 heteroatoms. The van der Waals surface area contributed by atoms with Crippen LogP contribution in [0, 0.1) is 19.3 Å². The quantitative estimate of drug-likeness (QED) is 0.870. The van der Waals surface area contributed by atoms with Crippen LogP contribution in [-0.4, -0.2) is 5.91 Å². The molecule has 0 radical (unpaired) electrons. The fraction of sp³-hybridized carbons (Fsp3) is 0.611. The molecule has 2 rings (SSSR count). The third-order valence-electron chi connectivity index (χ3n) is 4.95. The summed E-state index contributed by atoms with van der Waals surface area (Å²) in [5.74, 6) is -0.190. The first-order valence-electron chi connectivity index (χ1n) is 8.03. The Morgan fingerprint density at radius 1 is 1.24 bits per heavy atom. The van der Waals surface area contributed by atoms with Crippen molar-refractivity contribution in [2.75, 3.05) is 0 Å². The minimum atomic E-state index is -0.190. The predicted molar refractivity (Wildman–Crippen MR) is 86.8 cm³/mol. The number of nitrogens with two attached hydrogens (primary N) is 2. The highest BCUT2D eigenvalue weighted by atomic mass is 16.1.